The Labute approximate surface area is 127 Å². The van der Waals surface area contributed by atoms with Crippen LogP contribution in [0.3, 0.4) is 0 Å². The number of methoxy groups -OCH3 is 1. The number of ether oxygens (including phenoxy) is 1. The molecule has 1 amide bonds. The van der Waals surface area contributed by atoms with E-state index in [9.17, 15) is 14.0 Å². The molecular formula is C14H21FN4O3. The molecule has 122 valence electrons. The summed E-state index contributed by atoms with van der Waals surface area (Å²) in [6.07, 6.45) is 0.263. The highest BCUT2D eigenvalue weighted by Gasteiger charge is 2.40. The number of aromatic amines is 1. The summed E-state index contributed by atoms with van der Waals surface area (Å²) < 4.78 is 20.8. The van der Waals surface area contributed by atoms with Crippen LogP contribution in [0.4, 0.5) is 4.39 Å². The molecule has 0 saturated carbocycles. The van der Waals surface area contributed by atoms with E-state index in [1.807, 2.05) is 6.92 Å². The van der Waals surface area contributed by atoms with Crippen molar-refractivity contribution in [2.45, 2.75) is 45.9 Å². The van der Waals surface area contributed by atoms with Crippen molar-refractivity contribution in [3.63, 3.8) is 0 Å². The van der Waals surface area contributed by atoms with E-state index >= 15 is 0 Å². The van der Waals surface area contributed by atoms with Crippen LogP contribution in [-0.2, 0) is 16.1 Å². The Hall–Kier alpha value is -1.96. The molecule has 0 bridgehead atoms. The number of allylic oxidation sites excluding steroid dienone is 1. The average Bonchev–Trinajstić information content (AvgIpc) is 3.08. The van der Waals surface area contributed by atoms with E-state index in [0.29, 0.717) is 24.4 Å². The monoisotopic (exact) mass is 312 g/mol. The van der Waals surface area contributed by atoms with Gasteiger partial charge in [-0.1, -0.05) is 0 Å². The predicted molar refractivity (Wildman–Crippen MR) is 77.9 cm³/mol. The molecule has 1 N–H and O–H groups in total. The summed E-state index contributed by atoms with van der Waals surface area (Å²) in [7, 11) is 1.55. The molecule has 2 atom stereocenters. The van der Waals surface area contributed by atoms with E-state index in [1.54, 1.807) is 21.0 Å². The van der Waals surface area contributed by atoms with Crippen LogP contribution >= 0.6 is 0 Å². The second kappa shape index (κ2) is 6.43. The number of amides is 1. The Morgan fingerprint density at radius 3 is 2.73 bits per heavy atom. The first-order valence-corrected chi connectivity index (χ1v) is 7.22. The predicted octanol–water partition coefficient (Wildman–Crippen LogP) is 1.14. The van der Waals surface area contributed by atoms with E-state index in [-0.39, 0.29) is 18.3 Å². The van der Waals surface area contributed by atoms with Gasteiger partial charge in [-0.2, -0.15) is 5.10 Å². The first kappa shape index (κ1) is 16.4. The molecule has 0 unspecified atom stereocenters. The zero-order valence-electron chi connectivity index (χ0n) is 13.2. The van der Waals surface area contributed by atoms with Gasteiger partial charge in [0.1, 0.15) is 0 Å². The Kier molecular flexibility index (Phi) is 4.80. The minimum absolute atomic E-state index is 0.212. The molecule has 2 rings (SSSR count). The van der Waals surface area contributed by atoms with Gasteiger partial charge in [0.15, 0.2) is 11.7 Å². The fourth-order valence-electron chi connectivity index (χ4n) is 2.67. The molecule has 0 aliphatic carbocycles. The van der Waals surface area contributed by atoms with Crippen LogP contribution in [-0.4, -0.2) is 45.3 Å². The number of carbonyl (C=O) groups is 1. The number of hydrogen-bond acceptors (Lipinski definition) is 4. The topological polar surface area (TPSA) is 80.2 Å². The summed E-state index contributed by atoms with van der Waals surface area (Å²) in [6.45, 7) is 5.59. The molecule has 8 heteroatoms. The summed E-state index contributed by atoms with van der Waals surface area (Å²) >= 11 is 0. The highest BCUT2D eigenvalue weighted by atomic mass is 19.1. The molecule has 1 aromatic heterocycles. The fraction of sp³-hybridized carbons (Fsp3) is 0.643. The first-order valence-electron chi connectivity index (χ1n) is 7.22. The van der Waals surface area contributed by atoms with Gasteiger partial charge in [-0.15, -0.1) is 0 Å². The fourth-order valence-corrected chi connectivity index (χ4v) is 2.67. The number of rotatable bonds is 4. The number of halogens is 1. The van der Waals surface area contributed by atoms with Crippen molar-refractivity contribution in [3.8, 4) is 0 Å². The van der Waals surface area contributed by atoms with Crippen molar-refractivity contribution >= 4 is 5.91 Å². The van der Waals surface area contributed by atoms with Crippen molar-refractivity contribution in [1.82, 2.24) is 19.7 Å². The second-order valence-electron chi connectivity index (χ2n) is 5.51. The first-order chi connectivity index (χ1) is 10.4. The molecule has 2 heterocycles. The lowest BCUT2D eigenvalue weighted by atomic mass is 10.1. The van der Waals surface area contributed by atoms with Crippen molar-refractivity contribution in [2.24, 2.45) is 0 Å². The van der Waals surface area contributed by atoms with Gasteiger partial charge in [-0.05, 0) is 26.3 Å². The highest BCUT2D eigenvalue weighted by molar-refractivity contribution is 5.92. The van der Waals surface area contributed by atoms with Crippen LogP contribution < -0.4 is 5.69 Å². The standard InChI is InChI=1S/C14H21FN4O3/c1-5-18-12(16-17-14(18)21)10-6-9(22-4)7-19(10)13(20)11(15)8(2)3/h9-10H,5-7H2,1-4H3,(H,17,21)/t9-,10-/m0/s1. The number of nitrogens with zero attached hydrogens (tertiary/aromatic N) is 3. The lowest BCUT2D eigenvalue weighted by molar-refractivity contribution is -0.130. The lowest BCUT2D eigenvalue weighted by Gasteiger charge is -2.23. The third-order valence-electron chi connectivity index (χ3n) is 3.89. The van der Waals surface area contributed by atoms with Crippen molar-refractivity contribution in [2.75, 3.05) is 13.7 Å². The largest absolute Gasteiger partial charge is 0.380 e. The molecule has 1 saturated heterocycles. The van der Waals surface area contributed by atoms with Gasteiger partial charge in [-0.25, -0.2) is 14.3 Å². The van der Waals surface area contributed by atoms with E-state index in [1.165, 1.54) is 9.47 Å². The quantitative estimate of drug-likeness (QED) is 0.846. The van der Waals surface area contributed by atoms with Gasteiger partial charge in [-0.3, -0.25) is 9.36 Å². The number of aromatic nitrogens is 3. The van der Waals surface area contributed by atoms with E-state index in [2.05, 4.69) is 10.2 Å². The number of nitrogens with one attached hydrogen (secondary N) is 1. The SMILES string of the molecule is CCn1c([C@@H]2C[C@H](OC)CN2C(=O)C(F)=C(C)C)n[nH]c1=O. The molecule has 1 fully saturated rings. The van der Waals surface area contributed by atoms with Crippen LogP contribution in [0.1, 0.15) is 39.1 Å². The number of likely N-dealkylation sites (tertiary alicyclic amines) is 1. The zero-order chi connectivity index (χ0) is 16.4. The lowest BCUT2D eigenvalue weighted by Crippen LogP contribution is -2.34. The second-order valence-corrected chi connectivity index (χ2v) is 5.51. The maximum absolute atomic E-state index is 14.0. The van der Waals surface area contributed by atoms with Crippen LogP contribution in [0.25, 0.3) is 0 Å². The molecule has 1 aliphatic heterocycles. The van der Waals surface area contributed by atoms with Gasteiger partial charge in [0, 0.05) is 26.6 Å². The van der Waals surface area contributed by atoms with Gasteiger partial charge in [0.05, 0.1) is 12.1 Å². The summed E-state index contributed by atoms with van der Waals surface area (Å²) in [5.41, 5.74) is -0.0204. The summed E-state index contributed by atoms with van der Waals surface area (Å²) in [6, 6.07) is -0.485. The Morgan fingerprint density at radius 2 is 2.18 bits per heavy atom. The smallest absolute Gasteiger partial charge is 0.343 e. The molecule has 1 aliphatic rings. The minimum Gasteiger partial charge on any atom is -0.380 e. The van der Waals surface area contributed by atoms with E-state index < -0.39 is 17.8 Å². The summed E-state index contributed by atoms with van der Waals surface area (Å²) in [5.74, 6) is -1.03. The number of H-pyrrole nitrogens is 1. The van der Waals surface area contributed by atoms with Crippen LogP contribution in [0, 0.1) is 0 Å². The normalized spacial score (nSPS) is 21.2. The van der Waals surface area contributed by atoms with Crippen molar-refractivity contribution in [3.05, 3.63) is 27.7 Å². The van der Waals surface area contributed by atoms with Crippen LogP contribution in [0.5, 0.6) is 0 Å². The third kappa shape index (κ3) is 2.83. The van der Waals surface area contributed by atoms with Gasteiger partial charge < -0.3 is 9.64 Å². The maximum atomic E-state index is 14.0. The third-order valence-corrected chi connectivity index (χ3v) is 3.89. The molecule has 7 nitrogen and oxygen atoms in total. The van der Waals surface area contributed by atoms with E-state index in [4.69, 9.17) is 4.74 Å². The van der Waals surface area contributed by atoms with Crippen LogP contribution in [0.15, 0.2) is 16.2 Å². The molecule has 22 heavy (non-hydrogen) atoms. The Balaban J connectivity index is 2.41. The van der Waals surface area contributed by atoms with E-state index in [0.717, 1.165) is 0 Å². The Morgan fingerprint density at radius 1 is 1.50 bits per heavy atom. The van der Waals surface area contributed by atoms with Gasteiger partial charge >= 0.3 is 5.69 Å². The Bertz CT molecular complexity index is 645. The van der Waals surface area contributed by atoms with Crippen molar-refractivity contribution < 1.29 is 13.9 Å². The van der Waals surface area contributed by atoms with Crippen molar-refractivity contribution in [1.29, 1.82) is 0 Å². The van der Waals surface area contributed by atoms with Gasteiger partial charge in [0.25, 0.3) is 5.91 Å². The van der Waals surface area contributed by atoms with Gasteiger partial charge in [0.2, 0.25) is 0 Å². The minimum atomic E-state index is -0.775. The molecular weight excluding hydrogens is 291 g/mol. The average molecular weight is 312 g/mol. The number of hydrogen-bond donors (Lipinski definition) is 1. The molecule has 0 aromatic carbocycles. The zero-order valence-corrected chi connectivity index (χ0v) is 13.2. The molecule has 0 radical (unpaired) electrons. The summed E-state index contributed by atoms with van der Waals surface area (Å²) in [5, 5.41) is 6.39. The maximum Gasteiger partial charge on any atom is 0.343 e. The number of carbonyl (C=O) groups excluding carboxylic acids is 1. The van der Waals surface area contributed by atoms with Crippen LogP contribution in [0.2, 0.25) is 0 Å². The molecule has 0 spiro atoms. The molecule has 1 aromatic rings. The highest BCUT2D eigenvalue weighted by Crippen LogP contribution is 2.33. The summed E-state index contributed by atoms with van der Waals surface area (Å²) in [4.78, 5) is 25.5.